The van der Waals surface area contributed by atoms with Crippen molar-refractivity contribution in [3.05, 3.63) is 35.4 Å². The van der Waals surface area contributed by atoms with Gasteiger partial charge in [0.2, 0.25) is 0 Å². The number of methoxy groups -OCH3 is 1. The van der Waals surface area contributed by atoms with Gasteiger partial charge in [0.1, 0.15) is 0 Å². The predicted molar refractivity (Wildman–Crippen MR) is 113 cm³/mol. The highest BCUT2D eigenvalue weighted by molar-refractivity contribution is 5.94. The summed E-state index contributed by atoms with van der Waals surface area (Å²) in [5, 5.41) is 3.41. The minimum atomic E-state index is -0.153. The van der Waals surface area contributed by atoms with Gasteiger partial charge in [0.15, 0.2) is 0 Å². The van der Waals surface area contributed by atoms with Crippen LogP contribution in [0.5, 0.6) is 0 Å². The molecule has 2 heterocycles. The van der Waals surface area contributed by atoms with Crippen molar-refractivity contribution in [3.63, 3.8) is 0 Å². The second-order valence-corrected chi connectivity index (χ2v) is 7.94. The fourth-order valence-corrected chi connectivity index (χ4v) is 4.20. The third-order valence-electron chi connectivity index (χ3n) is 6.09. The summed E-state index contributed by atoms with van der Waals surface area (Å²) in [4.78, 5) is 26.0. The number of esters is 1. The zero-order valence-corrected chi connectivity index (χ0v) is 17.6. The number of nitrogens with zero attached hydrogens (tertiary/aromatic N) is 1. The first-order valence-corrected chi connectivity index (χ1v) is 10.3. The molecule has 1 amide bonds. The molecule has 5 nitrogen and oxygen atoms in total. The van der Waals surface area contributed by atoms with E-state index in [-0.39, 0.29) is 24.3 Å². The number of aryl methyl sites for hydroxylation is 1. The molecule has 6 heteroatoms. The van der Waals surface area contributed by atoms with Crippen molar-refractivity contribution in [3.8, 4) is 0 Å². The lowest BCUT2D eigenvalue weighted by Crippen LogP contribution is -2.39. The van der Waals surface area contributed by atoms with Crippen molar-refractivity contribution in [2.24, 2.45) is 11.8 Å². The molecule has 0 aliphatic carbocycles. The Morgan fingerprint density at radius 1 is 1.04 bits per heavy atom. The van der Waals surface area contributed by atoms with Crippen LogP contribution < -0.4 is 5.32 Å². The van der Waals surface area contributed by atoms with Gasteiger partial charge in [0, 0.05) is 25.1 Å². The van der Waals surface area contributed by atoms with Crippen LogP contribution in [-0.2, 0) is 16.0 Å². The number of carbonyl (C=O) groups excluding carboxylic acids is 2. The molecule has 0 spiro atoms. The number of hydrogen-bond acceptors (Lipinski definition) is 4. The Hall–Kier alpha value is -1.59. The van der Waals surface area contributed by atoms with E-state index in [1.54, 1.807) is 0 Å². The smallest absolute Gasteiger partial charge is 0.305 e. The van der Waals surface area contributed by atoms with Crippen LogP contribution in [0.1, 0.15) is 54.4 Å². The molecule has 1 aromatic carbocycles. The van der Waals surface area contributed by atoms with E-state index in [0.29, 0.717) is 12.3 Å². The van der Waals surface area contributed by atoms with Gasteiger partial charge in [-0.1, -0.05) is 12.1 Å². The molecule has 0 aromatic heterocycles. The Morgan fingerprint density at radius 3 is 2.29 bits per heavy atom. The highest BCUT2D eigenvalue weighted by Gasteiger charge is 2.25. The van der Waals surface area contributed by atoms with Gasteiger partial charge in [-0.15, -0.1) is 12.4 Å². The summed E-state index contributed by atoms with van der Waals surface area (Å²) in [7, 11) is 1.43. The second-order valence-electron chi connectivity index (χ2n) is 7.94. The Kier molecular flexibility index (Phi) is 9.26. The van der Waals surface area contributed by atoms with Crippen molar-refractivity contribution < 1.29 is 14.3 Å². The average molecular weight is 409 g/mol. The summed E-state index contributed by atoms with van der Waals surface area (Å²) in [5.74, 6) is 1.12. The monoisotopic (exact) mass is 408 g/mol. The lowest BCUT2D eigenvalue weighted by molar-refractivity contribution is -0.142. The lowest BCUT2D eigenvalue weighted by Gasteiger charge is -2.31. The van der Waals surface area contributed by atoms with Crippen LogP contribution in [0.3, 0.4) is 0 Å². The molecular weight excluding hydrogens is 376 g/mol. The minimum Gasteiger partial charge on any atom is -0.469 e. The van der Waals surface area contributed by atoms with Crippen LogP contribution in [-0.4, -0.2) is 50.1 Å². The molecule has 0 saturated carbocycles. The van der Waals surface area contributed by atoms with Gasteiger partial charge in [-0.25, -0.2) is 0 Å². The Labute approximate surface area is 174 Å². The number of carbonyl (C=O) groups is 2. The molecule has 2 aliphatic heterocycles. The van der Waals surface area contributed by atoms with E-state index in [1.807, 2.05) is 17.0 Å². The first-order chi connectivity index (χ1) is 13.2. The van der Waals surface area contributed by atoms with Gasteiger partial charge < -0.3 is 15.0 Å². The molecule has 1 N–H and O–H groups in total. The number of piperidine rings is 2. The molecule has 3 rings (SSSR count). The number of nitrogens with one attached hydrogen (secondary N) is 1. The number of rotatable bonds is 6. The van der Waals surface area contributed by atoms with Crippen LogP contribution in [0.15, 0.2) is 24.3 Å². The number of amides is 1. The minimum absolute atomic E-state index is 0. The molecule has 1 aromatic rings. The van der Waals surface area contributed by atoms with Crippen LogP contribution in [0.2, 0.25) is 0 Å². The van der Waals surface area contributed by atoms with Gasteiger partial charge in [0.05, 0.1) is 7.11 Å². The fourth-order valence-electron chi connectivity index (χ4n) is 4.20. The molecule has 0 unspecified atom stereocenters. The van der Waals surface area contributed by atoms with Gasteiger partial charge in [-0.2, -0.15) is 0 Å². The summed E-state index contributed by atoms with van der Waals surface area (Å²) in [6.45, 7) is 3.73. The van der Waals surface area contributed by atoms with E-state index in [2.05, 4.69) is 17.4 Å². The van der Waals surface area contributed by atoms with Crippen molar-refractivity contribution in [1.82, 2.24) is 10.2 Å². The highest BCUT2D eigenvalue weighted by atomic mass is 35.5. The lowest BCUT2D eigenvalue weighted by atomic mass is 9.91. The van der Waals surface area contributed by atoms with Crippen LogP contribution in [0, 0.1) is 11.8 Å². The van der Waals surface area contributed by atoms with E-state index >= 15 is 0 Å². The zero-order valence-electron chi connectivity index (χ0n) is 16.8. The molecule has 2 aliphatic rings. The molecular formula is C22H33ClN2O3. The second kappa shape index (κ2) is 11.4. The molecule has 0 atom stereocenters. The van der Waals surface area contributed by atoms with Crippen molar-refractivity contribution in [2.75, 3.05) is 33.3 Å². The van der Waals surface area contributed by atoms with E-state index in [9.17, 15) is 9.59 Å². The molecule has 0 bridgehead atoms. The van der Waals surface area contributed by atoms with E-state index in [4.69, 9.17) is 4.74 Å². The summed E-state index contributed by atoms with van der Waals surface area (Å²) in [6.07, 6.45) is 7.10. The van der Waals surface area contributed by atoms with Crippen molar-refractivity contribution in [1.29, 1.82) is 0 Å². The standard InChI is InChI=1S/C22H32N2O3.ClH/c1-27-21(25)16-19-10-14-24(15-11-19)22(26)20-6-4-17(5-7-20)2-3-18-8-12-23-13-9-18;/h4-7,18-19,23H,2-3,8-16H2,1H3;1H. The summed E-state index contributed by atoms with van der Waals surface area (Å²) in [6, 6.07) is 8.16. The Bertz CT molecular complexity index is 621. The maximum atomic E-state index is 12.7. The number of hydrogen-bond donors (Lipinski definition) is 1. The number of ether oxygens (including phenoxy) is 1. The molecule has 2 fully saturated rings. The van der Waals surface area contributed by atoms with E-state index < -0.39 is 0 Å². The number of likely N-dealkylation sites (tertiary alicyclic amines) is 1. The largest absolute Gasteiger partial charge is 0.469 e. The third-order valence-corrected chi connectivity index (χ3v) is 6.09. The van der Waals surface area contributed by atoms with Crippen molar-refractivity contribution >= 4 is 24.3 Å². The molecule has 156 valence electrons. The van der Waals surface area contributed by atoms with Crippen LogP contribution >= 0.6 is 12.4 Å². The summed E-state index contributed by atoms with van der Waals surface area (Å²) < 4.78 is 4.74. The van der Waals surface area contributed by atoms with E-state index in [0.717, 1.165) is 56.9 Å². The van der Waals surface area contributed by atoms with Crippen LogP contribution in [0.4, 0.5) is 0 Å². The normalized spacial score (nSPS) is 18.4. The molecule has 28 heavy (non-hydrogen) atoms. The summed E-state index contributed by atoms with van der Waals surface area (Å²) >= 11 is 0. The van der Waals surface area contributed by atoms with Gasteiger partial charge in [0.25, 0.3) is 5.91 Å². The zero-order chi connectivity index (χ0) is 19.1. The topological polar surface area (TPSA) is 58.6 Å². The maximum Gasteiger partial charge on any atom is 0.305 e. The first-order valence-electron chi connectivity index (χ1n) is 10.3. The SMILES string of the molecule is COC(=O)CC1CCN(C(=O)c2ccc(CCC3CCNCC3)cc2)CC1.Cl. The summed E-state index contributed by atoms with van der Waals surface area (Å²) in [5.41, 5.74) is 2.09. The molecule has 0 radical (unpaired) electrons. The quantitative estimate of drug-likeness (QED) is 0.732. The van der Waals surface area contributed by atoms with Gasteiger partial charge >= 0.3 is 5.97 Å². The van der Waals surface area contributed by atoms with Crippen molar-refractivity contribution in [2.45, 2.75) is 44.9 Å². The Morgan fingerprint density at radius 2 is 1.68 bits per heavy atom. The van der Waals surface area contributed by atoms with Gasteiger partial charge in [-0.3, -0.25) is 9.59 Å². The number of benzene rings is 1. The first kappa shape index (κ1) is 22.7. The Balaban J connectivity index is 0.00000280. The average Bonchev–Trinajstić information content (AvgIpc) is 2.73. The molecule has 2 saturated heterocycles. The van der Waals surface area contributed by atoms with Gasteiger partial charge in [-0.05, 0) is 81.1 Å². The fraction of sp³-hybridized carbons (Fsp3) is 0.636. The van der Waals surface area contributed by atoms with Crippen LogP contribution in [0.25, 0.3) is 0 Å². The van der Waals surface area contributed by atoms with E-state index in [1.165, 1.54) is 31.9 Å². The highest BCUT2D eigenvalue weighted by Crippen LogP contribution is 2.23. The maximum absolute atomic E-state index is 12.7. The third kappa shape index (κ3) is 6.49. The predicted octanol–water partition coefficient (Wildman–Crippen LogP) is 3.46. The number of halogens is 1.